The van der Waals surface area contributed by atoms with Gasteiger partial charge in [-0.15, -0.1) is 11.6 Å². The van der Waals surface area contributed by atoms with Crippen molar-refractivity contribution in [2.75, 3.05) is 0 Å². The molecule has 2 rings (SSSR count). The summed E-state index contributed by atoms with van der Waals surface area (Å²) >= 11 is 5.87. The van der Waals surface area contributed by atoms with Gasteiger partial charge in [-0.2, -0.15) is 0 Å². The number of Topliss-reactive ketones (excluding diaryl/α,β-unsaturated/α-hetero) is 1. The maximum absolute atomic E-state index is 11.3. The summed E-state index contributed by atoms with van der Waals surface area (Å²) in [6, 6.07) is 0. The van der Waals surface area contributed by atoms with Gasteiger partial charge in [0.25, 0.3) is 0 Å². The van der Waals surface area contributed by atoms with Crippen LogP contribution in [-0.2, 0) is 4.79 Å². The van der Waals surface area contributed by atoms with Crippen molar-refractivity contribution in [3.05, 3.63) is 24.3 Å². The van der Waals surface area contributed by atoms with Gasteiger partial charge >= 0.3 is 0 Å². The lowest BCUT2D eigenvalue weighted by Gasteiger charge is -2.18. The Morgan fingerprint density at radius 2 is 2.00 bits per heavy atom. The fraction of sp³-hybridized carbons (Fsp3) is 0.444. The first-order valence-corrected chi connectivity index (χ1v) is 4.12. The van der Waals surface area contributed by atoms with E-state index in [1.807, 2.05) is 0 Å². The molecule has 2 aliphatic rings. The van der Waals surface area contributed by atoms with Crippen molar-refractivity contribution in [2.24, 2.45) is 11.8 Å². The van der Waals surface area contributed by atoms with Crippen LogP contribution in [-0.4, -0.2) is 11.2 Å². The van der Waals surface area contributed by atoms with Gasteiger partial charge in [0, 0.05) is 11.8 Å². The highest BCUT2D eigenvalue weighted by Gasteiger charge is 2.50. The minimum absolute atomic E-state index is 0.00463. The molecule has 2 bridgehead atoms. The van der Waals surface area contributed by atoms with E-state index in [9.17, 15) is 4.79 Å². The van der Waals surface area contributed by atoms with Crippen molar-refractivity contribution in [1.29, 1.82) is 0 Å². The maximum Gasteiger partial charge on any atom is 0.158 e. The molecule has 0 aromatic carbocycles. The Morgan fingerprint density at radius 3 is 2.45 bits per heavy atom. The third kappa shape index (κ3) is 0.694. The predicted molar refractivity (Wildman–Crippen MR) is 44.5 cm³/mol. The van der Waals surface area contributed by atoms with Crippen LogP contribution >= 0.6 is 11.6 Å². The Kier molecular flexibility index (Phi) is 1.28. The molecule has 3 unspecified atom stereocenters. The summed E-state index contributed by atoms with van der Waals surface area (Å²) in [7, 11) is 0. The molecule has 2 heteroatoms. The molecule has 0 N–H and O–H groups in total. The van der Waals surface area contributed by atoms with Crippen molar-refractivity contribution < 1.29 is 4.79 Å². The van der Waals surface area contributed by atoms with Gasteiger partial charge in [0.2, 0.25) is 0 Å². The van der Waals surface area contributed by atoms with Crippen LogP contribution < -0.4 is 0 Å². The maximum atomic E-state index is 11.3. The topological polar surface area (TPSA) is 17.1 Å². The van der Waals surface area contributed by atoms with Gasteiger partial charge in [-0.3, -0.25) is 4.79 Å². The number of carbonyl (C=O) groups is 1. The van der Waals surface area contributed by atoms with E-state index in [2.05, 4.69) is 13.2 Å². The van der Waals surface area contributed by atoms with Crippen molar-refractivity contribution in [3.8, 4) is 0 Å². The first-order chi connectivity index (χ1) is 5.13. The Morgan fingerprint density at radius 1 is 1.36 bits per heavy atom. The highest BCUT2D eigenvalue weighted by molar-refractivity contribution is 6.33. The fourth-order valence-corrected chi connectivity index (χ4v) is 2.38. The van der Waals surface area contributed by atoms with Gasteiger partial charge in [-0.05, 0) is 17.6 Å². The number of fused-ring (bicyclic) bond motifs is 2. The van der Waals surface area contributed by atoms with E-state index >= 15 is 0 Å². The Bertz CT molecular complexity index is 267. The molecular weight excluding hydrogens is 160 g/mol. The zero-order valence-corrected chi connectivity index (χ0v) is 6.90. The normalized spacial score (nSPS) is 42.3. The molecule has 0 amide bonds. The highest BCUT2D eigenvalue weighted by Crippen LogP contribution is 2.50. The van der Waals surface area contributed by atoms with Crippen molar-refractivity contribution in [3.63, 3.8) is 0 Å². The zero-order chi connectivity index (χ0) is 8.17. The molecular formula is C9H9ClO. The Balaban J connectivity index is 2.42. The fourth-order valence-electron chi connectivity index (χ4n) is 1.97. The lowest BCUT2D eigenvalue weighted by atomic mass is 9.91. The van der Waals surface area contributed by atoms with E-state index < -0.39 is 0 Å². The van der Waals surface area contributed by atoms with Crippen LogP contribution in [0.1, 0.15) is 6.42 Å². The minimum Gasteiger partial charge on any atom is -0.297 e. The van der Waals surface area contributed by atoms with Gasteiger partial charge in [0.15, 0.2) is 5.78 Å². The monoisotopic (exact) mass is 168 g/mol. The number of hydrogen-bond donors (Lipinski definition) is 0. The van der Waals surface area contributed by atoms with Gasteiger partial charge in [0.05, 0.1) is 5.38 Å². The molecule has 3 atom stereocenters. The second kappa shape index (κ2) is 1.98. The predicted octanol–water partition coefficient (Wildman–Crippen LogP) is 1.93. The van der Waals surface area contributed by atoms with E-state index in [-0.39, 0.29) is 23.0 Å². The average molecular weight is 169 g/mol. The summed E-state index contributed by atoms with van der Waals surface area (Å²) in [5.74, 6) is 0.325. The van der Waals surface area contributed by atoms with Crippen molar-refractivity contribution in [1.82, 2.24) is 0 Å². The van der Waals surface area contributed by atoms with Crippen LogP contribution in [0, 0.1) is 11.8 Å². The molecule has 0 aliphatic heterocycles. The number of halogens is 1. The smallest absolute Gasteiger partial charge is 0.158 e. The molecule has 1 nitrogen and oxygen atoms in total. The molecule has 11 heavy (non-hydrogen) atoms. The molecule has 0 saturated heterocycles. The van der Waals surface area contributed by atoms with Crippen LogP contribution in [0.15, 0.2) is 24.3 Å². The van der Waals surface area contributed by atoms with Gasteiger partial charge in [-0.25, -0.2) is 0 Å². The summed E-state index contributed by atoms with van der Waals surface area (Å²) < 4.78 is 0. The number of hydrogen-bond acceptors (Lipinski definition) is 1. The lowest BCUT2D eigenvalue weighted by molar-refractivity contribution is -0.119. The number of alkyl halides is 1. The van der Waals surface area contributed by atoms with Crippen LogP contribution in [0.25, 0.3) is 0 Å². The standard InChI is InChI=1S/C9H9ClO/c1-4-5(2)7-3-6(4)8(10)9(7)11/h6-8H,1-3H2. The van der Waals surface area contributed by atoms with Gasteiger partial charge < -0.3 is 0 Å². The third-order valence-electron chi connectivity index (χ3n) is 2.74. The number of rotatable bonds is 0. The van der Waals surface area contributed by atoms with Gasteiger partial charge in [-0.1, -0.05) is 13.2 Å². The quantitative estimate of drug-likeness (QED) is 0.505. The average Bonchev–Trinajstić information content (AvgIpc) is 2.40. The molecule has 0 radical (unpaired) electrons. The number of ketones is 1. The summed E-state index contributed by atoms with van der Waals surface area (Å²) in [5.41, 5.74) is 1.91. The molecule has 0 aromatic heterocycles. The SMILES string of the molecule is C=C1C(=C)C2CC1C(=O)C2Cl. The molecule has 2 saturated carbocycles. The van der Waals surface area contributed by atoms with E-state index in [0.29, 0.717) is 0 Å². The Hall–Kier alpha value is -0.560. The largest absolute Gasteiger partial charge is 0.297 e. The first kappa shape index (κ1) is 7.11. The third-order valence-corrected chi connectivity index (χ3v) is 3.26. The summed E-state index contributed by atoms with van der Waals surface area (Å²) in [6.07, 6.45) is 0.852. The van der Waals surface area contributed by atoms with Gasteiger partial charge in [0.1, 0.15) is 0 Å². The lowest BCUT2D eigenvalue weighted by Crippen LogP contribution is -2.24. The Labute approximate surface area is 70.7 Å². The number of allylic oxidation sites excluding steroid dienone is 2. The molecule has 2 aliphatic carbocycles. The summed E-state index contributed by atoms with van der Waals surface area (Å²) in [6.45, 7) is 7.69. The summed E-state index contributed by atoms with van der Waals surface area (Å²) in [5, 5.41) is -0.321. The van der Waals surface area contributed by atoms with E-state index in [0.717, 1.165) is 17.6 Å². The van der Waals surface area contributed by atoms with Crippen LogP contribution in [0.5, 0.6) is 0 Å². The number of carbonyl (C=O) groups excluding carboxylic acids is 1. The minimum atomic E-state index is -0.321. The van der Waals surface area contributed by atoms with Crippen LogP contribution in [0.4, 0.5) is 0 Å². The molecule has 0 spiro atoms. The molecule has 58 valence electrons. The van der Waals surface area contributed by atoms with E-state index in [1.165, 1.54) is 0 Å². The molecule has 0 aromatic rings. The van der Waals surface area contributed by atoms with Crippen LogP contribution in [0.2, 0.25) is 0 Å². The van der Waals surface area contributed by atoms with Crippen LogP contribution in [0.3, 0.4) is 0 Å². The second-order valence-corrected chi connectivity index (χ2v) is 3.72. The molecule has 2 fully saturated rings. The first-order valence-electron chi connectivity index (χ1n) is 3.68. The second-order valence-electron chi connectivity index (χ2n) is 3.25. The zero-order valence-electron chi connectivity index (χ0n) is 6.14. The van der Waals surface area contributed by atoms with E-state index in [1.54, 1.807) is 0 Å². The molecule has 0 heterocycles. The van der Waals surface area contributed by atoms with Crippen molar-refractivity contribution >= 4 is 17.4 Å². The summed E-state index contributed by atoms with van der Waals surface area (Å²) in [4.78, 5) is 11.3. The highest BCUT2D eigenvalue weighted by atomic mass is 35.5. The van der Waals surface area contributed by atoms with Crippen molar-refractivity contribution in [2.45, 2.75) is 11.8 Å². The van der Waals surface area contributed by atoms with E-state index in [4.69, 9.17) is 11.6 Å².